The van der Waals surface area contributed by atoms with Gasteiger partial charge < -0.3 is 15.6 Å². The van der Waals surface area contributed by atoms with Gasteiger partial charge in [0, 0.05) is 41.3 Å². The number of anilines is 1. The van der Waals surface area contributed by atoms with Crippen LogP contribution in [0.15, 0.2) is 23.6 Å². The van der Waals surface area contributed by atoms with Crippen LogP contribution in [0, 0.1) is 13.8 Å². The average molecular weight is 391 g/mol. The second-order valence-corrected chi connectivity index (χ2v) is 8.64. The van der Waals surface area contributed by atoms with Crippen molar-refractivity contribution < 1.29 is 13.2 Å². The number of nitrogens with zero attached hydrogens (tertiary/aromatic N) is 1. The van der Waals surface area contributed by atoms with Crippen molar-refractivity contribution in [2.24, 2.45) is 5.73 Å². The predicted octanol–water partition coefficient (Wildman–Crippen LogP) is 2.31. The van der Waals surface area contributed by atoms with Crippen LogP contribution in [-0.4, -0.2) is 38.4 Å². The van der Waals surface area contributed by atoms with Gasteiger partial charge in [0.25, 0.3) is 5.91 Å². The van der Waals surface area contributed by atoms with Gasteiger partial charge in [0.05, 0.1) is 11.1 Å². The summed E-state index contributed by atoms with van der Waals surface area (Å²) < 4.78 is 26.9. The lowest BCUT2D eigenvalue weighted by molar-refractivity contribution is 0.100. The number of piperidine rings is 1. The Morgan fingerprint density at radius 3 is 2.78 bits per heavy atom. The first-order chi connectivity index (χ1) is 12.7. The number of sulfonamides is 1. The summed E-state index contributed by atoms with van der Waals surface area (Å²) in [6, 6.07) is 3.49. The first kappa shape index (κ1) is 19.4. The zero-order valence-corrected chi connectivity index (χ0v) is 16.7. The summed E-state index contributed by atoms with van der Waals surface area (Å²) in [6.45, 7) is 7.06. The van der Waals surface area contributed by atoms with E-state index < -0.39 is 15.9 Å². The van der Waals surface area contributed by atoms with Crippen LogP contribution in [0.5, 0.6) is 0 Å². The number of primary amides is 1. The molecule has 1 aromatic carbocycles. The fourth-order valence-corrected chi connectivity index (χ4v) is 4.88. The van der Waals surface area contributed by atoms with Crippen molar-refractivity contribution in [2.75, 3.05) is 18.0 Å². The Hall–Kier alpha value is -2.32. The van der Waals surface area contributed by atoms with Crippen LogP contribution in [0.25, 0.3) is 10.9 Å². The molecule has 7 nitrogen and oxygen atoms in total. The minimum atomic E-state index is -3.43. The van der Waals surface area contributed by atoms with E-state index in [2.05, 4.69) is 14.6 Å². The van der Waals surface area contributed by atoms with E-state index >= 15 is 0 Å². The third-order valence-electron chi connectivity index (χ3n) is 5.11. The van der Waals surface area contributed by atoms with Gasteiger partial charge in [-0.25, -0.2) is 13.1 Å². The van der Waals surface area contributed by atoms with Gasteiger partial charge in [0.2, 0.25) is 10.0 Å². The third kappa shape index (κ3) is 3.86. The number of nitrogens with two attached hydrogens (primary N) is 1. The number of hydrogen-bond donors (Lipinski definition) is 3. The summed E-state index contributed by atoms with van der Waals surface area (Å²) >= 11 is 0. The molecular weight excluding hydrogens is 364 g/mol. The number of H-pyrrole nitrogens is 1. The standard InChI is InChI=1S/C19H26N4O3S/c1-4-10-27(25,26)22-14-6-5-9-23(11-14)16-8-7-15(19(20)24)18-17(16)12(2)13(3)21-18/h4,7-8,10,14,21-22H,5-6,9,11H2,1-3H3,(H2,20,24). The van der Waals surface area contributed by atoms with Crippen LogP contribution >= 0.6 is 0 Å². The zero-order chi connectivity index (χ0) is 19.8. The number of aryl methyl sites for hydroxylation is 2. The fourth-order valence-electron chi connectivity index (χ4n) is 3.78. The number of benzene rings is 1. The van der Waals surface area contributed by atoms with E-state index in [0.717, 1.165) is 47.2 Å². The topological polar surface area (TPSA) is 108 Å². The lowest BCUT2D eigenvalue weighted by Gasteiger charge is -2.35. The van der Waals surface area contributed by atoms with Crippen molar-refractivity contribution in [3.8, 4) is 0 Å². The minimum absolute atomic E-state index is 0.161. The Morgan fingerprint density at radius 2 is 2.11 bits per heavy atom. The van der Waals surface area contributed by atoms with E-state index in [0.29, 0.717) is 12.1 Å². The number of carbonyl (C=O) groups excluding carboxylic acids is 1. The van der Waals surface area contributed by atoms with Crippen molar-refractivity contribution >= 4 is 32.5 Å². The largest absolute Gasteiger partial charge is 0.369 e. The number of aromatic nitrogens is 1. The van der Waals surface area contributed by atoms with Crippen LogP contribution in [-0.2, 0) is 10.0 Å². The molecule has 0 spiro atoms. The maximum Gasteiger partial charge on any atom is 0.250 e. The highest BCUT2D eigenvalue weighted by Crippen LogP contribution is 2.35. The molecule has 2 heterocycles. The summed E-state index contributed by atoms with van der Waals surface area (Å²) in [6.07, 6.45) is 3.19. The van der Waals surface area contributed by atoms with Gasteiger partial charge in [-0.05, 0) is 51.3 Å². The molecule has 1 saturated heterocycles. The molecule has 1 amide bonds. The molecule has 2 aromatic rings. The monoisotopic (exact) mass is 390 g/mol. The van der Waals surface area contributed by atoms with Crippen molar-refractivity contribution in [2.45, 2.75) is 39.7 Å². The van der Waals surface area contributed by atoms with Gasteiger partial charge in [0.15, 0.2) is 0 Å². The minimum Gasteiger partial charge on any atom is -0.369 e. The van der Waals surface area contributed by atoms with Gasteiger partial charge in [-0.3, -0.25) is 4.79 Å². The number of amides is 1. The number of allylic oxidation sites excluding steroid dienone is 1. The summed E-state index contributed by atoms with van der Waals surface area (Å²) in [5, 5.41) is 2.16. The average Bonchev–Trinajstić information content (AvgIpc) is 2.89. The van der Waals surface area contributed by atoms with Crippen LogP contribution < -0.4 is 15.4 Å². The summed E-state index contributed by atoms with van der Waals surface area (Å²) in [5.74, 6) is -0.469. The molecule has 1 aromatic heterocycles. The van der Waals surface area contributed by atoms with Gasteiger partial charge in [0.1, 0.15) is 0 Å². The third-order valence-corrected chi connectivity index (χ3v) is 6.40. The molecular formula is C19H26N4O3S. The second-order valence-electron chi connectivity index (χ2n) is 7.04. The lowest BCUT2D eigenvalue weighted by atomic mass is 10.0. The molecule has 1 aliphatic rings. The highest BCUT2D eigenvalue weighted by atomic mass is 32.2. The predicted molar refractivity (Wildman–Crippen MR) is 108 cm³/mol. The first-order valence-electron chi connectivity index (χ1n) is 9.05. The second kappa shape index (κ2) is 7.36. The number of fused-ring (bicyclic) bond motifs is 1. The smallest absolute Gasteiger partial charge is 0.250 e. The molecule has 146 valence electrons. The highest BCUT2D eigenvalue weighted by molar-refractivity contribution is 7.92. The molecule has 8 heteroatoms. The van der Waals surface area contributed by atoms with Crippen LogP contribution in [0.2, 0.25) is 0 Å². The molecule has 0 bridgehead atoms. The van der Waals surface area contributed by atoms with Gasteiger partial charge in [-0.15, -0.1) is 0 Å². The molecule has 3 rings (SSSR count). The highest BCUT2D eigenvalue weighted by Gasteiger charge is 2.26. The molecule has 0 saturated carbocycles. The number of rotatable bonds is 5. The Morgan fingerprint density at radius 1 is 1.37 bits per heavy atom. The zero-order valence-electron chi connectivity index (χ0n) is 15.9. The van der Waals surface area contributed by atoms with Gasteiger partial charge >= 0.3 is 0 Å². The normalized spacial score (nSPS) is 18.5. The van der Waals surface area contributed by atoms with Crippen molar-refractivity contribution in [3.05, 3.63) is 40.4 Å². The quantitative estimate of drug-likeness (QED) is 0.728. The Kier molecular flexibility index (Phi) is 5.30. The fraction of sp³-hybridized carbons (Fsp3) is 0.421. The van der Waals surface area contributed by atoms with Crippen LogP contribution in [0.3, 0.4) is 0 Å². The molecule has 1 aliphatic heterocycles. The Balaban J connectivity index is 1.98. The van der Waals surface area contributed by atoms with Crippen LogP contribution in [0.1, 0.15) is 41.4 Å². The van der Waals surface area contributed by atoms with E-state index in [4.69, 9.17) is 5.73 Å². The maximum absolute atomic E-state index is 12.1. The maximum atomic E-state index is 12.1. The molecule has 1 fully saturated rings. The lowest BCUT2D eigenvalue weighted by Crippen LogP contribution is -2.47. The Labute approximate surface area is 159 Å². The molecule has 1 atom stereocenters. The number of carbonyl (C=O) groups is 1. The summed E-state index contributed by atoms with van der Waals surface area (Å²) in [5.41, 5.74) is 9.79. The van der Waals surface area contributed by atoms with E-state index in [1.165, 1.54) is 11.5 Å². The summed E-state index contributed by atoms with van der Waals surface area (Å²) in [4.78, 5) is 17.3. The SMILES string of the molecule is CC=CS(=O)(=O)NC1CCCN(c2ccc(C(N)=O)c3[nH]c(C)c(C)c23)C1. The van der Waals surface area contributed by atoms with Crippen LogP contribution in [0.4, 0.5) is 5.69 Å². The van der Waals surface area contributed by atoms with E-state index in [1.807, 2.05) is 19.9 Å². The van der Waals surface area contributed by atoms with Gasteiger partial charge in [-0.1, -0.05) is 6.08 Å². The van der Waals surface area contributed by atoms with E-state index in [9.17, 15) is 13.2 Å². The van der Waals surface area contributed by atoms with Crippen molar-refractivity contribution in [1.82, 2.24) is 9.71 Å². The van der Waals surface area contributed by atoms with Crippen molar-refractivity contribution in [3.63, 3.8) is 0 Å². The molecule has 4 N–H and O–H groups in total. The van der Waals surface area contributed by atoms with Gasteiger partial charge in [-0.2, -0.15) is 0 Å². The Bertz CT molecular complexity index is 1010. The first-order valence-corrected chi connectivity index (χ1v) is 10.6. The number of aromatic amines is 1. The number of nitrogens with one attached hydrogen (secondary N) is 2. The number of hydrogen-bond acceptors (Lipinski definition) is 4. The molecule has 27 heavy (non-hydrogen) atoms. The molecule has 0 radical (unpaired) electrons. The van der Waals surface area contributed by atoms with Crippen molar-refractivity contribution in [1.29, 1.82) is 0 Å². The molecule has 0 aliphatic carbocycles. The summed E-state index contributed by atoms with van der Waals surface area (Å²) in [7, 11) is -3.43. The molecule has 1 unspecified atom stereocenters. The van der Waals surface area contributed by atoms with E-state index in [1.54, 1.807) is 13.0 Å². The van der Waals surface area contributed by atoms with E-state index in [-0.39, 0.29) is 6.04 Å².